The minimum Gasteiger partial charge on any atom is -0.129 e. The van der Waals surface area contributed by atoms with E-state index in [1.165, 1.54) is 10.8 Å². The summed E-state index contributed by atoms with van der Waals surface area (Å²) in [5.74, 6) is 3.23. The lowest BCUT2D eigenvalue weighted by Crippen LogP contribution is -2.10. The van der Waals surface area contributed by atoms with Crippen molar-refractivity contribution in [3.05, 3.63) is 65.7 Å². The molecule has 78 valence electrons. The van der Waals surface area contributed by atoms with Gasteiger partial charge in [0.15, 0.2) is 0 Å². The van der Waals surface area contributed by atoms with E-state index in [9.17, 15) is 0 Å². The molecule has 0 aliphatic carbocycles. The van der Waals surface area contributed by atoms with Gasteiger partial charge in [0.2, 0.25) is 0 Å². The third kappa shape index (κ3) is 3.11. The van der Waals surface area contributed by atoms with Gasteiger partial charge in [-0.1, -0.05) is 59.1 Å². The zero-order valence-electron chi connectivity index (χ0n) is 9.40. The number of benzene rings is 2. The lowest BCUT2D eigenvalue weighted by Gasteiger charge is -1.92. The molecule has 1 heteroatoms. The van der Waals surface area contributed by atoms with Crippen LogP contribution in [0, 0.1) is 18.4 Å². The van der Waals surface area contributed by atoms with E-state index in [1.807, 2.05) is 6.07 Å². The first kappa shape index (κ1) is 10.7. The molecule has 0 nitrogen and oxygen atoms in total. The molecule has 0 unspecified atom stereocenters. The summed E-state index contributed by atoms with van der Waals surface area (Å²) < 4.78 is 0. The van der Waals surface area contributed by atoms with Gasteiger partial charge in [0.05, 0.1) is 0 Å². The summed E-state index contributed by atoms with van der Waals surface area (Å²) in [6, 6.07) is 18.9. The van der Waals surface area contributed by atoms with Crippen molar-refractivity contribution in [2.24, 2.45) is 0 Å². The first-order valence-corrected chi connectivity index (χ1v) is 6.85. The molecule has 2 rings (SSSR count). The van der Waals surface area contributed by atoms with Crippen molar-refractivity contribution < 1.29 is 0 Å². The highest BCUT2D eigenvalue weighted by Crippen LogP contribution is 2.00. The molecule has 0 fully saturated rings. The molecule has 2 aromatic carbocycles. The Morgan fingerprint density at radius 1 is 0.875 bits per heavy atom. The number of hydrogen-bond acceptors (Lipinski definition) is 0. The van der Waals surface area contributed by atoms with Crippen LogP contribution >= 0.6 is 0 Å². The Kier molecular flexibility index (Phi) is 3.58. The minimum atomic E-state index is -0.426. The van der Waals surface area contributed by atoms with Crippen LogP contribution in [0.2, 0.25) is 0 Å². The van der Waals surface area contributed by atoms with Gasteiger partial charge in [0.1, 0.15) is 9.52 Å². The van der Waals surface area contributed by atoms with Gasteiger partial charge in [0, 0.05) is 5.56 Å². The van der Waals surface area contributed by atoms with Gasteiger partial charge in [-0.3, -0.25) is 0 Å². The van der Waals surface area contributed by atoms with Crippen LogP contribution in [-0.4, -0.2) is 9.52 Å². The molecular formula is C15H14Si. The number of aryl methyl sites for hydroxylation is 1. The molecule has 2 aromatic rings. The monoisotopic (exact) mass is 222 g/mol. The van der Waals surface area contributed by atoms with Crippen molar-refractivity contribution in [2.75, 3.05) is 0 Å². The van der Waals surface area contributed by atoms with E-state index in [-0.39, 0.29) is 0 Å². The van der Waals surface area contributed by atoms with Gasteiger partial charge in [-0.25, -0.2) is 0 Å². The Bertz CT molecular complexity index is 501. The van der Waals surface area contributed by atoms with E-state index in [1.54, 1.807) is 0 Å². The van der Waals surface area contributed by atoms with Crippen molar-refractivity contribution >= 4 is 14.7 Å². The maximum atomic E-state index is 3.33. The van der Waals surface area contributed by atoms with Crippen LogP contribution in [0.3, 0.4) is 0 Å². The molecular weight excluding hydrogens is 208 g/mol. The van der Waals surface area contributed by atoms with Gasteiger partial charge >= 0.3 is 0 Å². The van der Waals surface area contributed by atoms with E-state index >= 15 is 0 Å². The Labute approximate surface area is 99.2 Å². The predicted octanol–water partition coefficient (Wildman–Crippen LogP) is 1.80. The minimum absolute atomic E-state index is 0.426. The van der Waals surface area contributed by atoms with Crippen LogP contribution in [-0.2, 0) is 0 Å². The van der Waals surface area contributed by atoms with E-state index < -0.39 is 9.52 Å². The fourth-order valence-electron chi connectivity index (χ4n) is 1.48. The summed E-state index contributed by atoms with van der Waals surface area (Å²) in [6.45, 7) is 2.09. The molecule has 0 saturated carbocycles. The largest absolute Gasteiger partial charge is 0.138 e. The fraction of sp³-hybridized carbons (Fsp3) is 0.0667. The maximum Gasteiger partial charge on any atom is 0.138 e. The average Bonchev–Trinajstić information content (AvgIpc) is 2.33. The SMILES string of the molecule is Cc1ccc(C#C[SiH2]c2ccccc2)cc1. The first-order chi connectivity index (χ1) is 7.84. The Hall–Kier alpha value is -1.78. The van der Waals surface area contributed by atoms with E-state index in [4.69, 9.17) is 0 Å². The third-order valence-corrected chi connectivity index (χ3v) is 3.65. The van der Waals surface area contributed by atoms with Crippen LogP contribution < -0.4 is 5.19 Å². The number of rotatable bonds is 1. The van der Waals surface area contributed by atoms with Crippen molar-refractivity contribution in [1.29, 1.82) is 0 Å². The van der Waals surface area contributed by atoms with Gasteiger partial charge in [-0.2, -0.15) is 0 Å². The van der Waals surface area contributed by atoms with Gasteiger partial charge in [0.25, 0.3) is 0 Å². The van der Waals surface area contributed by atoms with E-state index in [2.05, 4.69) is 66.9 Å². The second kappa shape index (κ2) is 5.34. The molecule has 0 bridgehead atoms. The molecule has 16 heavy (non-hydrogen) atoms. The summed E-state index contributed by atoms with van der Waals surface area (Å²) in [6.07, 6.45) is 0. The normalized spacial score (nSPS) is 10.1. The Morgan fingerprint density at radius 3 is 2.25 bits per heavy atom. The second-order valence-electron chi connectivity index (χ2n) is 3.83. The topological polar surface area (TPSA) is 0 Å². The lowest BCUT2D eigenvalue weighted by atomic mass is 10.2. The highest BCUT2D eigenvalue weighted by molar-refractivity contribution is 6.61. The molecule has 0 N–H and O–H groups in total. The number of hydrogen-bond donors (Lipinski definition) is 0. The van der Waals surface area contributed by atoms with Crippen LogP contribution in [0.1, 0.15) is 11.1 Å². The van der Waals surface area contributed by atoms with Gasteiger partial charge in [-0.15, -0.1) is 5.54 Å². The zero-order chi connectivity index (χ0) is 11.2. The molecule has 0 spiro atoms. The molecule has 0 heterocycles. The van der Waals surface area contributed by atoms with Gasteiger partial charge in [-0.05, 0) is 19.1 Å². The Morgan fingerprint density at radius 2 is 1.56 bits per heavy atom. The van der Waals surface area contributed by atoms with Crippen LogP contribution in [0.15, 0.2) is 54.6 Å². The quantitative estimate of drug-likeness (QED) is 0.510. The van der Waals surface area contributed by atoms with Crippen LogP contribution in [0.25, 0.3) is 0 Å². The van der Waals surface area contributed by atoms with Crippen LogP contribution in [0.4, 0.5) is 0 Å². The van der Waals surface area contributed by atoms with Crippen molar-refractivity contribution in [1.82, 2.24) is 0 Å². The molecule has 0 aliphatic heterocycles. The Balaban J connectivity index is 2.03. The first-order valence-electron chi connectivity index (χ1n) is 5.44. The standard InChI is InChI=1S/C15H14Si/c1-13-7-9-14(10-8-13)11-12-16-15-5-3-2-4-6-15/h2-10H,16H2,1H3. The molecule has 0 radical (unpaired) electrons. The molecule has 0 atom stereocenters. The molecule has 0 amide bonds. The zero-order valence-corrected chi connectivity index (χ0v) is 10.8. The molecule has 0 aromatic heterocycles. The summed E-state index contributed by atoms with van der Waals surface area (Å²) in [7, 11) is -0.426. The van der Waals surface area contributed by atoms with E-state index in [0.29, 0.717) is 0 Å². The fourth-order valence-corrected chi connectivity index (χ4v) is 2.49. The maximum absolute atomic E-state index is 3.33. The summed E-state index contributed by atoms with van der Waals surface area (Å²) >= 11 is 0. The van der Waals surface area contributed by atoms with E-state index in [0.717, 1.165) is 5.56 Å². The smallest absolute Gasteiger partial charge is 0.129 e. The lowest BCUT2D eigenvalue weighted by molar-refractivity contribution is 1.46. The summed E-state index contributed by atoms with van der Waals surface area (Å²) in [4.78, 5) is 0. The second-order valence-corrected chi connectivity index (χ2v) is 5.35. The van der Waals surface area contributed by atoms with Crippen LogP contribution in [0.5, 0.6) is 0 Å². The highest BCUT2D eigenvalue weighted by Gasteiger charge is 1.88. The third-order valence-electron chi connectivity index (χ3n) is 2.42. The summed E-state index contributed by atoms with van der Waals surface area (Å²) in [5.41, 5.74) is 5.73. The average molecular weight is 222 g/mol. The van der Waals surface area contributed by atoms with Crippen molar-refractivity contribution in [3.8, 4) is 11.5 Å². The molecule has 0 saturated heterocycles. The predicted molar refractivity (Wildman–Crippen MR) is 72.7 cm³/mol. The van der Waals surface area contributed by atoms with Crippen molar-refractivity contribution in [3.63, 3.8) is 0 Å². The van der Waals surface area contributed by atoms with Crippen molar-refractivity contribution in [2.45, 2.75) is 6.92 Å². The molecule has 0 aliphatic rings. The van der Waals surface area contributed by atoms with Gasteiger partial charge < -0.3 is 0 Å². The summed E-state index contributed by atoms with van der Waals surface area (Å²) in [5, 5.41) is 1.40. The highest BCUT2D eigenvalue weighted by atomic mass is 28.2.